The molecule has 3 rings (SSSR count). The van der Waals surface area contributed by atoms with Gasteiger partial charge >= 0.3 is 0 Å². The smallest absolute Gasteiger partial charge is 0.171 e. The molecule has 0 amide bonds. The first-order valence-corrected chi connectivity index (χ1v) is 10.4. The average Bonchev–Trinajstić information content (AvgIpc) is 2.65. The molecule has 25 heavy (non-hydrogen) atoms. The maximum absolute atomic E-state index is 14.3. The number of hydrogen-bond donors (Lipinski definition) is 0. The molecule has 0 fully saturated rings. The summed E-state index contributed by atoms with van der Waals surface area (Å²) in [5.41, 5.74) is 0. The Morgan fingerprint density at radius 1 is 0.880 bits per heavy atom. The zero-order chi connectivity index (χ0) is 17.9. The summed E-state index contributed by atoms with van der Waals surface area (Å²) in [6.45, 7) is 7.63. The van der Waals surface area contributed by atoms with Crippen molar-refractivity contribution in [2.24, 2.45) is 0 Å². The van der Waals surface area contributed by atoms with Crippen LogP contribution in [0.15, 0.2) is 108 Å². The molecule has 1 unspecified atom stereocenters. The third-order valence-corrected chi connectivity index (χ3v) is 7.71. The van der Waals surface area contributed by atoms with Crippen molar-refractivity contribution < 1.29 is 4.57 Å². The second-order valence-electron chi connectivity index (χ2n) is 5.65. The van der Waals surface area contributed by atoms with Gasteiger partial charge in [0.1, 0.15) is 0 Å². The fourth-order valence-electron chi connectivity index (χ4n) is 2.91. The van der Waals surface area contributed by atoms with Gasteiger partial charge in [-0.3, -0.25) is 0 Å². The van der Waals surface area contributed by atoms with E-state index in [1.165, 1.54) is 0 Å². The highest BCUT2D eigenvalue weighted by molar-refractivity contribution is 9.10. The monoisotopic (exact) mass is 408 g/mol. The van der Waals surface area contributed by atoms with Gasteiger partial charge < -0.3 is 4.57 Å². The van der Waals surface area contributed by atoms with Crippen molar-refractivity contribution in [2.45, 2.75) is 0 Å². The molecule has 0 saturated carbocycles. The van der Waals surface area contributed by atoms with Crippen LogP contribution in [0.25, 0.3) is 10.8 Å². The Balaban J connectivity index is 2.30. The van der Waals surface area contributed by atoms with E-state index in [1.807, 2.05) is 60.7 Å². The molecule has 0 aromatic heterocycles. The Labute approximate surface area is 156 Å². The molecule has 0 aliphatic rings. The third kappa shape index (κ3) is 3.33. The van der Waals surface area contributed by atoms with Crippen molar-refractivity contribution in [1.29, 1.82) is 0 Å². The van der Waals surface area contributed by atoms with Crippen molar-refractivity contribution in [3.8, 4) is 0 Å². The average molecular weight is 409 g/mol. The molecule has 3 aromatic rings. The predicted octanol–water partition coefficient (Wildman–Crippen LogP) is 6.17. The fraction of sp³-hybridized carbons (Fsp3) is 0. The van der Waals surface area contributed by atoms with Crippen LogP contribution in [-0.2, 0) is 4.57 Å². The molecule has 0 saturated heterocycles. The highest BCUT2D eigenvalue weighted by Crippen LogP contribution is 2.52. The lowest BCUT2D eigenvalue weighted by molar-refractivity contribution is 0.591. The highest BCUT2D eigenvalue weighted by Gasteiger charge is 2.30. The van der Waals surface area contributed by atoms with Gasteiger partial charge in [0.05, 0.1) is 0 Å². The zero-order valence-electron chi connectivity index (χ0n) is 13.7. The number of hydrogen-bond acceptors (Lipinski definition) is 1. The van der Waals surface area contributed by atoms with Crippen LogP contribution >= 0.6 is 23.1 Å². The highest BCUT2D eigenvalue weighted by atomic mass is 79.9. The Hall–Kier alpha value is -2.15. The first-order chi connectivity index (χ1) is 12.1. The molecule has 1 atom stereocenters. The number of benzene rings is 3. The van der Waals surface area contributed by atoms with Crippen LogP contribution < -0.4 is 10.6 Å². The molecule has 3 heteroatoms. The molecule has 1 nitrogen and oxygen atoms in total. The maximum Gasteiger partial charge on any atom is 0.171 e. The molecule has 0 bridgehead atoms. The number of fused-ring (bicyclic) bond motifs is 1. The van der Waals surface area contributed by atoms with Crippen LogP contribution in [0.2, 0.25) is 0 Å². The number of rotatable bonds is 5. The van der Waals surface area contributed by atoms with Crippen molar-refractivity contribution in [2.75, 3.05) is 0 Å². The predicted molar refractivity (Wildman–Crippen MR) is 113 cm³/mol. The van der Waals surface area contributed by atoms with Gasteiger partial charge in [-0.2, -0.15) is 0 Å². The molecule has 0 aliphatic carbocycles. The van der Waals surface area contributed by atoms with Crippen molar-refractivity contribution >= 4 is 44.5 Å². The van der Waals surface area contributed by atoms with Crippen LogP contribution in [0.4, 0.5) is 0 Å². The molecule has 124 valence electrons. The summed E-state index contributed by atoms with van der Waals surface area (Å²) in [4.78, 5) is 0. The van der Waals surface area contributed by atoms with Gasteiger partial charge in [0.25, 0.3) is 0 Å². The summed E-state index contributed by atoms with van der Waals surface area (Å²) in [5.74, 6) is 0. The van der Waals surface area contributed by atoms with Crippen LogP contribution in [0.5, 0.6) is 0 Å². The summed E-state index contributed by atoms with van der Waals surface area (Å²) < 4.78 is 15.3. The molecule has 0 radical (unpaired) electrons. The minimum absolute atomic E-state index is 0.685. The minimum Gasteiger partial charge on any atom is -0.309 e. The van der Waals surface area contributed by atoms with Crippen LogP contribution in [0.3, 0.4) is 0 Å². The molecule has 0 spiro atoms. The quantitative estimate of drug-likeness (QED) is 0.364. The van der Waals surface area contributed by atoms with E-state index < -0.39 is 7.14 Å². The Bertz CT molecular complexity index is 1020. The fourth-order valence-corrected chi connectivity index (χ4v) is 5.95. The molecular formula is C22H18BrOP. The summed E-state index contributed by atoms with van der Waals surface area (Å²) in [5, 5.41) is 4.43. The minimum atomic E-state index is -3.01. The Kier molecular flexibility index (Phi) is 5.22. The first-order valence-electron chi connectivity index (χ1n) is 7.91. The van der Waals surface area contributed by atoms with Gasteiger partial charge in [0.15, 0.2) is 7.14 Å². The number of halogens is 1. The van der Waals surface area contributed by atoms with Gasteiger partial charge in [0, 0.05) is 20.4 Å². The van der Waals surface area contributed by atoms with Gasteiger partial charge in [0.2, 0.25) is 0 Å². The van der Waals surface area contributed by atoms with E-state index in [4.69, 9.17) is 0 Å². The summed E-state index contributed by atoms with van der Waals surface area (Å²) in [6, 6.07) is 21.6. The molecule has 0 heterocycles. The third-order valence-electron chi connectivity index (χ3n) is 4.13. The van der Waals surface area contributed by atoms with Gasteiger partial charge in [-0.25, -0.2) is 0 Å². The number of allylic oxidation sites excluding steroid dienone is 4. The van der Waals surface area contributed by atoms with E-state index in [0.29, 0.717) is 5.31 Å². The molecule has 3 aromatic carbocycles. The lowest BCUT2D eigenvalue weighted by atomic mass is 10.1. The lowest BCUT2D eigenvalue weighted by Crippen LogP contribution is -2.17. The molecular weight excluding hydrogens is 391 g/mol. The lowest BCUT2D eigenvalue weighted by Gasteiger charge is -2.21. The Morgan fingerprint density at radius 2 is 1.56 bits per heavy atom. The van der Waals surface area contributed by atoms with Crippen molar-refractivity contribution in [1.82, 2.24) is 0 Å². The van der Waals surface area contributed by atoms with E-state index in [0.717, 1.165) is 25.9 Å². The maximum atomic E-state index is 14.3. The molecule has 0 aliphatic heterocycles. The van der Waals surface area contributed by atoms with E-state index >= 15 is 0 Å². The first kappa shape index (κ1) is 17.7. The van der Waals surface area contributed by atoms with E-state index in [9.17, 15) is 4.57 Å². The van der Waals surface area contributed by atoms with Crippen molar-refractivity contribution in [3.05, 3.63) is 108 Å². The van der Waals surface area contributed by atoms with E-state index in [1.54, 1.807) is 18.2 Å². The van der Waals surface area contributed by atoms with Gasteiger partial charge in [-0.05, 0) is 29.0 Å². The topological polar surface area (TPSA) is 17.1 Å². The summed E-state index contributed by atoms with van der Waals surface area (Å²) in [7, 11) is -3.01. The largest absolute Gasteiger partial charge is 0.309 e. The second-order valence-corrected chi connectivity index (χ2v) is 9.34. The van der Waals surface area contributed by atoms with Crippen LogP contribution in [0.1, 0.15) is 0 Å². The van der Waals surface area contributed by atoms with Gasteiger partial charge in [-0.1, -0.05) is 95.8 Å². The normalized spacial score (nSPS) is 14.0. The Morgan fingerprint density at radius 3 is 2.24 bits per heavy atom. The second kappa shape index (κ2) is 7.39. The van der Waals surface area contributed by atoms with Gasteiger partial charge in [-0.15, -0.1) is 0 Å². The SMILES string of the molecule is C=C/C=C(\C=C)P(=O)(c1ccccc1)c1ccc2cc(Br)ccc2c1. The summed E-state index contributed by atoms with van der Waals surface area (Å²) >= 11 is 3.49. The van der Waals surface area contributed by atoms with Crippen LogP contribution in [0, 0.1) is 0 Å². The summed E-state index contributed by atoms with van der Waals surface area (Å²) in [6.07, 6.45) is 5.11. The van der Waals surface area contributed by atoms with Crippen LogP contribution in [-0.4, -0.2) is 0 Å². The van der Waals surface area contributed by atoms with E-state index in [2.05, 4.69) is 35.2 Å². The van der Waals surface area contributed by atoms with E-state index in [-0.39, 0.29) is 0 Å². The zero-order valence-corrected chi connectivity index (χ0v) is 16.2. The molecule has 0 N–H and O–H groups in total. The van der Waals surface area contributed by atoms with Crippen molar-refractivity contribution in [3.63, 3.8) is 0 Å². The standard InChI is InChI=1S/C22H18BrOP/c1-3-8-20(4-2)25(24,21-9-6-5-7-10-21)22-14-12-17-15-19(23)13-11-18(17)16-22/h3-16H,1-2H2/b20-8+.